The summed E-state index contributed by atoms with van der Waals surface area (Å²) >= 11 is 0. The molecule has 3 aromatic rings. The van der Waals surface area contributed by atoms with E-state index in [9.17, 15) is 9.59 Å². The van der Waals surface area contributed by atoms with E-state index in [1.165, 1.54) is 11.3 Å². The zero-order chi connectivity index (χ0) is 27.8. The van der Waals surface area contributed by atoms with Gasteiger partial charge in [-0.15, -0.1) is 0 Å². The Morgan fingerprint density at radius 2 is 1.51 bits per heavy atom. The molecule has 2 N–H and O–H groups in total. The number of benzene rings is 3. The highest BCUT2D eigenvalue weighted by atomic mass is 16.2. The van der Waals surface area contributed by atoms with E-state index in [-0.39, 0.29) is 11.8 Å². The van der Waals surface area contributed by atoms with Crippen molar-refractivity contribution in [2.45, 2.75) is 26.2 Å². The smallest absolute Gasteiger partial charge is 0.255 e. The Kier molecular flexibility index (Phi) is 9.60. The molecule has 7 heteroatoms. The van der Waals surface area contributed by atoms with Gasteiger partial charge in [0.2, 0.25) is 0 Å². The predicted molar refractivity (Wildman–Crippen MR) is 161 cm³/mol. The SMILES string of the molecule is CC(C)c1ccc(C(=O)Nc2ccc(N3CCN(c4ccccc4)CC3)c(C(=O)NCCCN(C)C)c2)cc1. The third kappa shape index (κ3) is 7.60. The van der Waals surface area contributed by atoms with Gasteiger partial charge in [0.1, 0.15) is 0 Å². The van der Waals surface area contributed by atoms with Crippen LogP contribution in [0.4, 0.5) is 17.1 Å². The highest BCUT2D eigenvalue weighted by Gasteiger charge is 2.23. The van der Waals surface area contributed by atoms with E-state index in [1.54, 1.807) is 6.07 Å². The Balaban J connectivity index is 1.50. The van der Waals surface area contributed by atoms with Crippen LogP contribution in [-0.4, -0.2) is 70.1 Å². The number of hydrogen-bond acceptors (Lipinski definition) is 5. The van der Waals surface area contributed by atoms with Gasteiger partial charge >= 0.3 is 0 Å². The highest BCUT2D eigenvalue weighted by Crippen LogP contribution is 2.27. The molecule has 4 rings (SSSR count). The topological polar surface area (TPSA) is 67.9 Å². The number of carbonyl (C=O) groups is 2. The van der Waals surface area contributed by atoms with Crippen molar-refractivity contribution in [1.29, 1.82) is 0 Å². The minimum Gasteiger partial charge on any atom is -0.368 e. The standard InChI is InChI=1S/C32H41N5O2/c1-24(2)25-11-13-26(14-12-25)31(38)34-27-15-16-30(29(23-27)32(39)33-17-8-18-35(3)4)37-21-19-36(20-22-37)28-9-6-5-7-10-28/h5-7,9-16,23-24H,8,17-22H2,1-4H3,(H,33,39)(H,34,38). The molecule has 39 heavy (non-hydrogen) atoms. The molecule has 1 aliphatic rings. The Labute approximate surface area is 232 Å². The second-order valence-electron chi connectivity index (χ2n) is 10.7. The average Bonchev–Trinajstić information content (AvgIpc) is 2.95. The molecule has 0 aliphatic carbocycles. The van der Waals surface area contributed by atoms with Gasteiger partial charge in [0.15, 0.2) is 0 Å². The molecule has 1 fully saturated rings. The number of hydrogen-bond donors (Lipinski definition) is 2. The Bertz CT molecular complexity index is 1230. The lowest BCUT2D eigenvalue weighted by atomic mass is 10.0. The first-order chi connectivity index (χ1) is 18.8. The summed E-state index contributed by atoms with van der Waals surface area (Å²) < 4.78 is 0. The lowest BCUT2D eigenvalue weighted by Gasteiger charge is -2.38. The molecule has 0 radical (unpaired) electrons. The van der Waals surface area contributed by atoms with Crippen LogP contribution in [-0.2, 0) is 0 Å². The fourth-order valence-electron chi connectivity index (χ4n) is 4.83. The van der Waals surface area contributed by atoms with Gasteiger partial charge in [-0.05, 0) is 81.0 Å². The summed E-state index contributed by atoms with van der Waals surface area (Å²) in [4.78, 5) is 33.1. The van der Waals surface area contributed by atoms with E-state index in [0.29, 0.717) is 29.3 Å². The van der Waals surface area contributed by atoms with Crippen LogP contribution in [0, 0.1) is 0 Å². The summed E-state index contributed by atoms with van der Waals surface area (Å²) in [6, 6.07) is 23.8. The molecule has 1 aliphatic heterocycles. The maximum absolute atomic E-state index is 13.4. The summed E-state index contributed by atoms with van der Waals surface area (Å²) in [5.41, 5.74) is 5.09. The van der Waals surface area contributed by atoms with E-state index in [1.807, 2.05) is 56.6 Å². The lowest BCUT2D eigenvalue weighted by molar-refractivity contribution is 0.0951. The molecule has 2 amide bonds. The van der Waals surface area contributed by atoms with Crippen molar-refractivity contribution in [3.63, 3.8) is 0 Å². The quantitative estimate of drug-likeness (QED) is 0.361. The first kappa shape index (κ1) is 28.2. The van der Waals surface area contributed by atoms with Crippen molar-refractivity contribution in [3.05, 3.63) is 89.5 Å². The predicted octanol–water partition coefficient (Wildman–Crippen LogP) is 5.07. The molecule has 0 aromatic heterocycles. The summed E-state index contributed by atoms with van der Waals surface area (Å²) in [7, 11) is 4.05. The van der Waals surface area contributed by atoms with Gasteiger partial charge in [-0.3, -0.25) is 9.59 Å². The Hall–Kier alpha value is -3.84. The number of rotatable bonds is 10. The van der Waals surface area contributed by atoms with Crippen molar-refractivity contribution in [1.82, 2.24) is 10.2 Å². The van der Waals surface area contributed by atoms with Crippen molar-refractivity contribution in [3.8, 4) is 0 Å². The van der Waals surface area contributed by atoms with Crippen LogP contribution in [0.25, 0.3) is 0 Å². The maximum atomic E-state index is 13.4. The first-order valence-electron chi connectivity index (χ1n) is 13.8. The second kappa shape index (κ2) is 13.3. The first-order valence-corrected chi connectivity index (χ1v) is 13.8. The molecule has 0 bridgehead atoms. The fraction of sp³-hybridized carbons (Fsp3) is 0.375. The number of para-hydroxylation sites is 1. The normalized spacial score (nSPS) is 13.6. The van der Waals surface area contributed by atoms with Crippen LogP contribution < -0.4 is 20.4 Å². The van der Waals surface area contributed by atoms with Crippen LogP contribution in [0.2, 0.25) is 0 Å². The lowest BCUT2D eigenvalue weighted by Crippen LogP contribution is -2.47. The van der Waals surface area contributed by atoms with Crippen LogP contribution in [0.5, 0.6) is 0 Å². The monoisotopic (exact) mass is 527 g/mol. The van der Waals surface area contributed by atoms with Crippen LogP contribution in [0.1, 0.15) is 52.5 Å². The number of nitrogens with zero attached hydrogens (tertiary/aromatic N) is 3. The molecule has 0 atom stereocenters. The van der Waals surface area contributed by atoms with Crippen molar-refractivity contribution >= 4 is 28.9 Å². The number of piperazine rings is 1. The average molecular weight is 528 g/mol. The summed E-state index contributed by atoms with van der Waals surface area (Å²) in [6.45, 7) is 9.12. The van der Waals surface area contributed by atoms with E-state index >= 15 is 0 Å². The summed E-state index contributed by atoms with van der Waals surface area (Å²) in [5.74, 6) is 0.0986. The van der Waals surface area contributed by atoms with Gasteiger partial charge in [0.25, 0.3) is 11.8 Å². The van der Waals surface area contributed by atoms with Gasteiger partial charge in [-0.2, -0.15) is 0 Å². The fourth-order valence-corrected chi connectivity index (χ4v) is 4.83. The molecule has 1 saturated heterocycles. The molecule has 0 spiro atoms. The van der Waals surface area contributed by atoms with Gasteiger partial charge < -0.3 is 25.3 Å². The minimum atomic E-state index is -0.188. The Morgan fingerprint density at radius 1 is 0.846 bits per heavy atom. The summed E-state index contributed by atoms with van der Waals surface area (Å²) in [6.07, 6.45) is 0.868. The third-order valence-electron chi connectivity index (χ3n) is 7.15. The van der Waals surface area contributed by atoms with E-state index in [0.717, 1.165) is 44.8 Å². The number of anilines is 3. The second-order valence-corrected chi connectivity index (χ2v) is 10.7. The van der Waals surface area contributed by atoms with Crippen molar-refractivity contribution in [2.75, 3.05) is 68.5 Å². The molecular weight excluding hydrogens is 486 g/mol. The Morgan fingerprint density at radius 3 is 2.15 bits per heavy atom. The van der Waals surface area contributed by atoms with Crippen molar-refractivity contribution in [2.24, 2.45) is 0 Å². The van der Waals surface area contributed by atoms with Crippen LogP contribution >= 0.6 is 0 Å². The molecular formula is C32H41N5O2. The minimum absolute atomic E-state index is 0.119. The third-order valence-corrected chi connectivity index (χ3v) is 7.15. The van der Waals surface area contributed by atoms with Gasteiger partial charge in [-0.25, -0.2) is 0 Å². The van der Waals surface area contributed by atoms with Gasteiger partial charge in [0.05, 0.1) is 5.56 Å². The van der Waals surface area contributed by atoms with Gasteiger partial charge in [-0.1, -0.05) is 44.2 Å². The molecule has 0 unspecified atom stereocenters. The van der Waals surface area contributed by atoms with Gasteiger partial charge in [0, 0.05) is 55.3 Å². The molecule has 1 heterocycles. The van der Waals surface area contributed by atoms with Crippen molar-refractivity contribution < 1.29 is 9.59 Å². The molecule has 206 valence electrons. The largest absolute Gasteiger partial charge is 0.368 e. The number of amides is 2. The zero-order valence-electron chi connectivity index (χ0n) is 23.6. The number of nitrogens with one attached hydrogen (secondary N) is 2. The summed E-state index contributed by atoms with van der Waals surface area (Å²) in [5, 5.41) is 6.07. The van der Waals surface area contributed by atoms with E-state index in [4.69, 9.17) is 0 Å². The molecule has 0 saturated carbocycles. The van der Waals surface area contributed by atoms with E-state index < -0.39 is 0 Å². The van der Waals surface area contributed by atoms with E-state index in [2.05, 4.69) is 63.4 Å². The molecule has 7 nitrogen and oxygen atoms in total. The maximum Gasteiger partial charge on any atom is 0.255 e. The zero-order valence-corrected chi connectivity index (χ0v) is 23.6. The highest BCUT2D eigenvalue weighted by molar-refractivity contribution is 6.06. The van der Waals surface area contributed by atoms with Crippen LogP contribution in [0.3, 0.4) is 0 Å². The van der Waals surface area contributed by atoms with Crippen LogP contribution in [0.15, 0.2) is 72.8 Å². The molecule has 3 aromatic carbocycles. The number of carbonyl (C=O) groups excluding carboxylic acids is 2.